The van der Waals surface area contributed by atoms with E-state index in [1.54, 1.807) is 0 Å². The second kappa shape index (κ2) is 5.34. The van der Waals surface area contributed by atoms with E-state index in [0.717, 1.165) is 11.6 Å². The van der Waals surface area contributed by atoms with Crippen LogP contribution in [0.1, 0.15) is 24.1 Å². The Kier molecular flexibility index (Phi) is 3.82. The minimum atomic E-state index is 0.291. The summed E-state index contributed by atoms with van der Waals surface area (Å²) in [5.74, 6) is 0. The molecule has 1 N–H and O–H groups in total. The van der Waals surface area contributed by atoms with Crippen molar-refractivity contribution < 1.29 is 0 Å². The molecule has 17 heavy (non-hydrogen) atoms. The van der Waals surface area contributed by atoms with Crippen LogP contribution in [0.15, 0.2) is 36.7 Å². The highest BCUT2D eigenvalue weighted by Crippen LogP contribution is 2.13. The summed E-state index contributed by atoms with van der Waals surface area (Å²) in [6.45, 7) is 2.96. The zero-order valence-electron chi connectivity index (χ0n) is 10.0. The SMILES string of the molecule is CC(NCc1ccc(Cl)cc1)c1cnn(C)c1. The molecule has 0 amide bonds. The Morgan fingerprint density at radius 1 is 1.35 bits per heavy atom. The van der Waals surface area contributed by atoms with Crippen molar-refractivity contribution in [2.45, 2.75) is 19.5 Å². The maximum atomic E-state index is 5.84. The minimum Gasteiger partial charge on any atom is -0.306 e. The van der Waals surface area contributed by atoms with Crippen LogP contribution in [0.4, 0.5) is 0 Å². The van der Waals surface area contributed by atoms with Crippen LogP contribution in [0.5, 0.6) is 0 Å². The zero-order valence-corrected chi connectivity index (χ0v) is 10.8. The van der Waals surface area contributed by atoms with Crippen molar-refractivity contribution in [1.82, 2.24) is 15.1 Å². The molecule has 0 spiro atoms. The molecule has 1 aromatic carbocycles. The van der Waals surface area contributed by atoms with Crippen molar-refractivity contribution in [2.75, 3.05) is 0 Å². The topological polar surface area (TPSA) is 29.9 Å². The highest BCUT2D eigenvalue weighted by molar-refractivity contribution is 6.30. The van der Waals surface area contributed by atoms with Crippen LogP contribution in [0.2, 0.25) is 5.02 Å². The molecule has 0 aliphatic heterocycles. The van der Waals surface area contributed by atoms with Crippen molar-refractivity contribution in [3.8, 4) is 0 Å². The molecule has 0 bridgehead atoms. The molecule has 0 aliphatic rings. The summed E-state index contributed by atoms with van der Waals surface area (Å²) in [5.41, 5.74) is 2.42. The van der Waals surface area contributed by atoms with Gasteiger partial charge in [0, 0.05) is 36.4 Å². The molecule has 4 heteroatoms. The van der Waals surface area contributed by atoms with E-state index in [2.05, 4.69) is 17.3 Å². The second-order valence-electron chi connectivity index (χ2n) is 4.18. The normalized spacial score (nSPS) is 12.6. The zero-order chi connectivity index (χ0) is 12.3. The first-order valence-electron chi connectivity index (χ1n) is 5.61. The fourth-order valence-electron chi connectivity index (χ4n) is 1.65. The molecule has 0 radical (unpaired) electrons. The van der Waals surface area contributed by atoms with Crippen molar-refractivity contribution in [2.24, 2.45) is 7.05 Å². The van der Waals surface area contributed by atoms with Gasteiger partial charge in [-0.25, -0.2) is 0 Å². The van der Waals surface area contributed by atoms with E-state index < -0.39 is 0 Å². The number of nitrogens with one attached hydrogen (secondary N) is 1. The Morgan fingerprint density at radius 3 is 2.65 bits per heavy atom. The van der Waals surface area contributed by atoms with Gasteiger partial charge in [-0.3, -0.25) is 4.68 Å². The predicted octanol–water partition coefficient (Wildman–Crippen LogP) is 2.92. The lowest BCUT2D eigenvalue weighted by atomic mass is 10.1. The van der Waals surface area contributed by atoms with Gasteiger partial charge in [0.1, 0.15) is 0 Å². The molecule has 0 aliphatic carbocycles. The Bertz CT molecular complexity index is 476. The summed E-state index contributed by atoms with van der Waals surface area (Å²) >= 11 is 5.84. The minimum absolute atomic E-state index is 0.291. The number of aromatic nitrogens is 2. The average Bonchev–Trinajstić information content (AvgIpc) is 2.75. The molecule has 0 fully saturated rings. The van der Waals surface area contributed by atoms with Gasteiger partial charge >= 0.3 is 0 Å². The molecule has 1 atom stereocenters. The Morgan fingerprint density at radius 2 is 2.06 bits per heavy atom. The molecule has 1 heterocycles. The van der Waals surface area contributed by atoms with Gasteiger partial charge in [0.25, 0.3) is 0 Å². The van der Waals surface area contributed by atoms with Crippen molar-refractivity contribution >= 4 is 11.6 Å². The molecule has 0 saturated heterocycles. The van der Waals surface area contributed by atoms with Crippen LogP contribution in [0, 0.1) is 0 Å². The lowest BCUT2D eigenvalue weighted by molar-refractivity contribution is 0.574. The fourth-order valence-corrected chi connectivity index (χ4v) is 1.78. The third kappa shape index (κ3) is 3.32. The quantitative estimate of drug-likeness (QED) is 0.903. The van der Waals surface area contributed by atoms with Gasteiger partial charge in [-0.05, 0) is 24.6 Å². The van der Waals surface area contributed by atoms with Gasteiger partial charge in [-0.1, -0.05) is 23.7 Å². The average molecular weight is 250 g/mol. The van der Waals surface area contributed by atoms with E-state index in [0.29, 0.717) is 6.04 Å². The van der Waals surface area contributed by atoms with Crippen molar-refractivity contribution in [1.29, 1.82) is 0 Å². The number of nitrogens with zero attached hydrogens (tertiary/aromatic N) is 2. The van der Waals surface area contributed by atoms with Crippen molar-refractivity contribution in [3.05, 3.63) is 52.8 Å². The molecule has 0 saturated carbocycles. The van der Waals surface area contributed by atoms with Gasteiger partial charge < -0.3 is 5.32 Å². The van der Waals surface area contributed by atoms with E-state index in [1.807, 2.05) is 48.4 Å². The third-order valence-corrected chi connectivity index (χ3v) is 3.00. The first-order chi connectivity index (χ1) is 8.15. The summed E-state index contributed by atoms with van der Waals surface area (Å²) in [4.78, 5) is 0. The molecule has 3 nitrogen and oxygen atoms in total. The Hall–Kier alpha value is -1.32. The second-order valence-corrected chi connectivity index (χ2v) is 4.61. The van der Waals surface area contributed by atoms with Gasteiger partial charge in [0.15, 0.2) is 0 Å². The third-order valence-electron chi connectivity index (χ3n) is 2.75. The van der Waals surface area contributed by atoms with Gasteiger partial charge in [0.05, 0.1) is 6.20 Å². The van der Waals surface area contributed by atoms with Crippen LogP contribution in [0.3, 0.4) is 0 Å². The summed E-state index contributed by atoms with van der Waals surface area (Å²) in [7, 11) is 1.93. The van der Waals surface area contributed by atoms with Gasteiger partial charge in [0.2, 0.25) is 0 Å². The van der Waals surface area contributed by atoms with Gasteiger partial charge in [-0.15, -0.1) is 0 Å². The fraction of sp³-hybridized carbons (Fsp3) is 0.308. The van der Waals surface area contributed by atoms with Gasteiger partial charge in [-0.2, -0.15) is 5.10 Å². The van der Waals surface area contributed by atoms with Crippen LogP contribution in [-0.4, -0.2) is 9.78 Å². The molecule has 1 unspecified atom stereocenters. The molecular weight excluding hydrogens is 234 g/mol. The first kappa shape index (κ1) is 12.1. The summed E-state index contributed by atoms with van der Waals surface area (Å²) < 4.78 is 1.82. The predicted molar refractivity (Wildman–Crippen MR) is 69.9 cm³/mol. The number of rotatable bonds is 4. The maximum absolute atomic E-state index is 5.84. The number of hydrogen-bond donors (Lipinski definition) is 1. The number of hydrogen-bond acceptors (Lipinski definition) is 2. The number of halogens is 1. The van der Waals surface area contributed by atoms with E-state index in [1.165, 1.54) is 11.1 Å². The smallest absolute Gasteiger partial charge is 0.0537 e. The van der Waals surface area contributed by atoms with Crippen molar-refractivity contribution in [3.63, 3.8) is 0 Å². The van der Waals surface area contributed by atoms with E-state index in [-0.39, 0.29) is 0 Å². The van der Waals surface area contributed by atoms with E-state index in [4.69, 9.17) is 11.6 Å². The molecule has 90 valence electrons. The lowest BCUT2D eigenvalue weighted by Crippen LogP contribution is -2.17. The molecule has 1 aromatic heterocycles. The first-order valence-corrected chi connectivity index (χ1v) is 5.99. The monoisotopic (exact) mass is 249 g/mol. The summed E-state index contributed by atoms with van der Waals surface area (Å²) in [6.07, 6.45) is 3.92. The highest BCUT2D eigenvalue weighted by atomic mass is 35.5. The number of aryl methyl sites for hydroxylation is 1. The summed E-state index contributed by atoms with van der Waals surface area (Å²) in [6, 6.07) is 8.18. The largest absolute Gasteiger partial charge is 0.306 e. The van der Waals surface area contributed by atoms with Crippen LogP contribution in [-0.2, 0) is 13.6 Å². The van der Waals surface area contributed by atoms with E-state index in [9.17, 15) is 0 Å². The molecular formula is C13H16ClN3. The van der Waals surface area contributed by atoms with Crippen LogP contribution >= 0.6 is 11.6 Å². The highest BCUT2D eigenvalue weighted by Gasteiger charge is 2.06. The van der Waals surface area contributed by atoms with Crippen LogP contribution in [0.25, 0.3) is 0 Å². The van der Waals surface area contributed by atoms with Crippen LogP contribution < -0.4 is 5.32 Å². The molecule has 2 rings (SSSR count). The standard InChI is InChI=1S/C13H16ClN3/c1-10(12-8-16-17(2)9-12)15-7-11-3-5-13(14)6-4-11/h3-6,8-10,15H,7H2,1-2H3. The summed E-state index contributed by atoms with van der Waals surface area (Å²) in [5, 5.41) is 8.39. The number of benzene rings is 1. The molecule has 2 aromatic rings. The maximum Gasteiger partial charge on any atom is 0.0537 e. The lowest BCUT2D eigenvalue weighted by Gasteiger charge is -2.11. The van der Waals surface area contributed by atoms with E-state index >= 15 is 0 Å². The Balaban J connectivity index is 1.92. The Labute approximate surface area is 106 Å².